The van der Waals surface area contributed by atoms with Crippen molar-refractivity contribution >= 4 is 27.7 Å². The van der Waals surface area contributed by atoms with Crippen molar-refractivity contribution in [2.75, 3.05) is 31.6 Å². The molecule has 138 valence electrons. The Kier molecular flexibility index (Phi) is 6.63. The van der Waals surface area contributed by atoms with Crippen LogP contribution in [-0.4, -0.2) is 42.0 Å². The van der Waals surface area contributed by atoms with Gasteiger partial charge in [-0.1, -0.05) is 12.1 Å². The van der Waals surface area contributed by atoms with E-state index in [1.165, 1.54) is 5.56 Å². The van der Waals surface area contributed by atoms with E-state index in [2.05, 4.69) is 44.1 Å². The van der Waals surface area contributed by atoms with Crippen molar-refractivity contribution in [1.82, 2.24) is 9.88 Å². The molecule has 3 rings (SSSR count). The number of rotatable bonds is 6. The van der Waals surface area contributed by atoms with Crippen molar-refractivity contribution < 1.29 is 9.53 Å². The SMILES string of the molecule is Cc1cccc(OCCN2CCCC(C(=O)Nc3ccc(Br)cn3)C2)c1. The molecule has 1 aliphatic heterocycles. The number of amides is 1. The van der Waals surface area contributed by atoms with Gasteiger partial charge >= 0.3 is 0 Å². The van der Waals surface area contributed by atoms with E-state index in [0.29, 0.717) is 12.4 Å². The average molecular weight is 418 g/mol. The average Bonchev–Trinajstić information content (AvgIpc) is 2.64. The predicted molar refractivity (Wildman–Crippen MR) is 106 cm³/mol. The number of hydrogen-bond acceptors (Lipinski definition) is 4. The molecule has 1 fully saturated rings. The molecule has 26 heavy (non-hydrogen) atoms. The second-order valence-electron chi connectivity index (χ2n) is 6.66. The number of aromatic nitrogens is 1. The molecule has 0 spiro atoms. The summed E-state index contributed by atoms with van der Waals surface area (Å²) in [5.74, 6) is 1.54. The van der Waals surface area contributed by atoms with E-state index in [4.69, 9.17) is 4.74 Å². The molecular formula is C20H24BrN3O2. The van der Waals surface area contributed by atoms with Gasteiger partial charge in [-0.3, -0.25) is 9.69 Å². The Labute approximate surface area is 162 Å². The highest BCUT2D eigenvalue weighted by molar-refractivity contribution is 9.10. The third-order valence-corrected chi connectivity index (χ3v) is 4.99. The molecule has 6 heteroatoms. The summed E-state index contributed by atoms with van der Waals surface area (Å²) in [4.78, 5) is 19.0. The number of ether oxygens (including phenoxy) is 1. The smallest absolute Gasteiger partial charge is 0.229 e. The zero-order chi connectivity index (χ0) is 18.4. The fourth-order valence-corrected chi connectivity index (χ4v) is 3.38. The van der Waals surface area contributed by atoms with Crippen LogP contribution in [0.2, 0.25) is 0 Å². The number of nitrogens with zero attached hydrogens (tertiary/aromatic N) is 2. The summed E-state index contributed by atoms with van der Waals surface area (Å²) in [6.07, 6.45) is 3.62. The molecule has 0 saturated carbocycles. The van der Waals surface area contributed by atoms with Gasteiger partial charge in [-0.05, 0) is 72.1 Å². The van der Waals surface area contributed by atoms with E-state index in [-0.39, 0.29) is 11.8 Å². The van der Waals surface area contributed by atoms with E-state index in [9.17, 15) is 4.79 Å². The van der Waals surface area contributed by atoms with Crippen molar-refractivity contribution in [2.45, 2.75) is 19.8 Å². The molecule has 1 aliphatic rings. The van der Waals surface area contributed by atoms with Crippen LogP contribution in [0.5, 0.6) is 5.75 Å². The van der Waals surface area contributed by atoms with E-state index in [1.54, 1.807) is 12.3 Å². The highest BCUT2D eigenvalue weighted by Gasteiger charge is 2.25. The summed E-state index contributed by atoms with van der Waals surface area (Å²) < 4.78 is 6.73. The lowest BCUT2D eigenvalue weighted by molar-refractivity contribution is -0.121. The molecule has 2 heterocycles. The summed E-state index contributed by atoms with van der Waals surface area (Å²) in [5.41, 5.74) is 1.19. The highest BCUT2D eigenvalue weighted by Crippen LogP contribution is 2.19. The summed E-state index contributed by atoms with van der Waals surface area (Å²) in [6, 6.07) is 11.8. The Morgan fingerprint density at radius 2 is 2.27 bits per heavy atom. The van der Waals surface area contributed by atoms with E-state index >= 15 is 0 Å². The van der Waals surface area contributed by atoms with E-state index in [0.717, 1.165) is 42.7 Å². The van der Waals surface area contributed by atoms with Crippen LogP contribution in [0.25, 0.3) is 0 Å². The maximum Gasteiger partial charge on any atom is 0.229 e. The fraction of sp³-hybridized carbons (Fsp3) is 0.400. The van der Waals surface area contributed by atoms with Gasteiger partial charge in [0.15, 0.2) is 0 Å². The molecule has 1 aromatic carbocycles. The van der Waals surface area contributed by atoms with Gasteiger partial charge in [0, 0.05) is 23.8 Å². The van der Waals surface area contributed by atoms with Crippen LogP contribution in [0.1, 0.15) is 18.4 Å². The van der Waals surface area contributed by atoms with E-state index in [1.807, 2.05) is 24.3 Å². The van der Waals surface area contributed by atoms with Crippen molar-refractivity contribution in [3.63, 3.8) is 0 Å². The minimum Gasteiger partial charge on any atom is -0.492 e. The number of nitrogens with one attached hydrogen (secondary N) is 1. The zero-order valence-electron chi connectivity index (χ0n) is 15.0. The molecule has 2 aromatic rings. The second-order valence-corrected chi connectivity index (χ2v) is 7.57. The Morgan fingerprint density at radius 3 is 3.04 bits per heavy atom. The first kappa shape index (κ1) is 18.9. The maximum absolute atomic E-state index is 12.5. The normalized spacial score (nSPS) is 17.7. The molecule has 1 N–H and O–H groups in total. The van der Waals surface area contributed by atoms with Crippen LogP contribution in [0.4, 0.5) is 5.82 Å². The lowest BCUT2D eigenvalue weighted by Crippen LogP contribution is -2.42. The molecular weight excluding hydrogens is 394 g/mol. The number of halogens is 1. The predicted octanol–water partition coefficient (Wildman–Crippen LogP) is 3.88. The number of piperidine rings is 1. The molecule has 1 aromatic heterocycles. The standard InChI is InChI=1S/C20H24BrN3O2/c1-15-4-2-6-18(12-15)26-11-10-24-9-3-5-16(14-24)20(25)23-19-8-7-17(21)13-22-19/h2,4,6-8,12-13,16H,3,5,9-11,14H2,1H3,(H,22,23,25). The molecule has 1 saturated heterocycles. The second kappa shape index (κ2) is 9.14. The molecule has 0 bridgehead atoms. The van der Waals surface area contributed by atoms with Gasteiger partial charge in [-0.2, -0.15) is 0 Å². The molecule has 1 amide bonds. The number of likely N-dealkylation sites (tertiary alicyclic amines) is 1. The number of aryl methyl sites for hydroxylation is 1. The van der Waals surface area contributed by atoms with Crippen LogP contribution >= 0.6 is 15.9 Å². The van der Waals surface area contributed by atoms with Gasteiger partial charge in [0.05, 0.1) is 5.92 Å². The molecule has 0 radical (unpaired) electrons. The summed E-state index contributed by atoms with van der Waals surface area (Å²) in [6.45, 7) is 5.29. The van der Waals surface area contributed by atoms with Crippen molar-refractivity contribution in [2.24, 2.45) is 5.92 Å². The third-order valence-electron chi connectivity index (χ3n) is 4.52. The first-order valence-electron chi connectivity index (χ1n) is 8.94. The van der Waals surface area contributed by atoms with Gasteiger partial charge < -0.3 is 10.1 Å². The summed E-state index contributed by atoms with van der Waals surface area (Å²) >= 11 is 3.35. The summed E-state index contributed by atoms with van der Waals surface area (Å²) in [5, 5.41) is 2.92. The number of hydrogen-bond donors (Lipinski definition) is 1. The van der Waals surface area contributed by atoms with Crippen LogP contribution in [0.15, 0.2) is 47.1 Å². The largest absolute Gasteiger partial charge is 0.492 e. The monoisotopic (exact) mass is 417 g/mol. The van der Waals surface area contributed by atoms with Gasteiger partial charge in [-0.25, -0.2) is 4.98 Å². The number of carbonyl (C=O) groups is 1. The Hall–Kier alpha value is -1.92. The van der Waals surface area contributed by atoms with Gasteiger partial charge in [0.25, 0.3) is 0 Å². The van der Waals surface area contributed by atoms with Crippen LogP contribution in [-0.2, 0) is 4.79 Å². The van der Waals surface area contributed by atoms with Crippen LogP contribution in [0.3, 0.4) is 0 Å². The minimum atomic E-state index is -0.00633. The van der Waals surface area contributed by atoms with Crippen LogP contribution < -0.4 is 10.1 Å². The first-order chi connectivity index (χ1) is 12.6. The number of carbonyl (C=O) groups excluding carboxylic acids is 1. The zero-order valence-corrected chi connectivity index (χ0v) is 16.5. The molecule has 1 atom stereocenters. The number of anilines is 1. The highest BCUT2D eigenvalue weighted by atomic mass is 79.9. The molecule has 1 unspecified atom stereocenters. The Bertz CT molecular complexity index is 736. The van der Waals surface area contributed by atoms with Crippen molar-refractivity contribution in [1.29, 1.82) is 0 Å². The maximum atomic E-state index is 12.5. The number of benzene rings is 1. The lowest BCUT2D eigenvalue weighted by atomic mass is 9.97. The molecule has 0 aliphatic carbocycles. The third kappa shape index (κ3) is 5.54. The Balaban J connectivity index is 1.45. The number of pyridine rings is 1. The van der Waals surface area contributed by atoms with Gasteiger partial charge in [0.1, 0.15) is 18.2 Å². The minimum absolute atomic E-state index is 0.00633. The van der Waals surface area contributed by atoms with Crippen molar-refractivity contribution in [3.8, 4) is 5.75 Å². The lowest BCUT2D eigenvalue weighted by Gasteiger charge is -2.31. The van der Waals surface area contributed by atoms with Crippen LogP contribution in [0, 0.1) is 12.8 Å². The van der Waals surface area contributed by atoms with Crippen molar-refractivity contribution in [3.05, 3.63) is 52.6 Å². The molecule has 5 nitrogen and oxygen atoms in total. The van der Waals surface area contributed by atoms with Gasteiger partial charge in [-0.15, -0.1) is 0 Å². The fourth-order valence-electron chi connectivity index (χ4n) is 3.15. The quantitative estimate of drug-likeness (QED) is 0.774. The first-order valence-corrected chi connectivity index (χ1v) is 9.74. The Morgan fingerprint density at radius 1 is 1.38 bits per heavy atom. The topological polar surface area (TPSA) is 54.5 Å². The summed E-state index contributed by atoms with van der Waals surface area (Å²) in [7, 11) is 0. The van der Waals surface area contributed by atoms with Gasteiger partial charge in [0.2, 0.25) is 5.91 Å². The van der Waals surface area contributed by atoms with E-state index < -0.39 is 0 Å².